The Bertz CT molecular complexity index is 255. The maximum atomic E-state index is 11.0. The third-order valence-electron chi connectivity index (χ3n) is 1.76. The monoisotopic (exact) mass is 167 g/mol. The van der Waals surface area contributed by atoms with E-state index in [0.717, 1.165) is 0 Å². The van der Waals surface area contributed by atoms with Crippen LogP contribution >= 0.6 is 0 Å². The summed E-state index contributed by atoms with van der Waals surface area (Å²) in [4.78, 5) is 13.6. The van der Waals surface area contributed by atoms with E-state index in [0.29, 0.717) is 6.42 Å². The third kappa shape index (κ3) is 1.77. The van der Waals surface area contributed by atoms with Gasteiger partial charge in [-0.15, -0.1) is 0 Å². The fraction of sp³-hybridized carbons (Fsp3) is 0.571. The number of azide groups is 1. The number of esters is 1. The molecule has 5 heteroatoms. The Morgan fingerprint density at radius 3 is 3.08 bits per heavy atom. The quantitative estimate of drug-likeness (QED) is 0.205. The number of ether oxygens (including phenoxy) is 1. The van der Waals surface area contributed by atoms with Crippen LogP contribution in [0.1, 0.15) is 6.42 Å². The zero-order valence-corrected chi connectivity index (χ0v) is 6.67. The lowest BCUT2D eigenvalue weighted by molar-refractivity contribution is -0.143. The normalized spacial score (nSPS) is 26.4. The van der Waals surface area contributed by atoms with Crippen LogP contribution in [0.5, 0.6) is 0 Å². The van der Waals surface area contributed by atoms with E-state index in [9.17, 15) is 4.79 Å². The lowest BCUT2D eigenvalue weighted by Crippen LogP contribution is -2.13. The Morgan fingerprint density at radius 2 is 2.50 bits per heavy atom. The zero-order chi connectivity index (χ0) is 8.97. The standard InChI is InChI=1S/C7H9N3O2/c1-12-7(11)5-2-3-6(4-5)9-10-8/h2-3,5-6H,4H2,1H3/t5-,6+/m1/s1. The van der Waals surface area contributed by atoms with E-state index < -0.39 is 0 Å². The molecule has 2 atom stereocenters. The average molecular weight is 167 g/mol. The molecule has 1 rings (SSSR count). The first-order valence-corrected chi connectivity index (χ1v) is 3.58. The van der Waals surface area contributed by atoms with Crippen molar-refractivity contribution in [1.29, 1.82) is 0 Å². The lowest BCUT2D eigenvalue weighted by Gasteiger charge is -2.04. The van der Waals surface area contributed by atoms with Crippen molar-refractivity contribution in [3.63, 3.8) is 0 Å². The average Bonchev–Trinajstić information content (AvgIpc) is 2.52. The minimum atomic E-state index is -0.276. The topological polar surface area (TPSA) is 75.1 Å². The van der Waals surface area contributed by atoms with Crippen molar-refractivity contribution >= 4 is 5.97 Å². The molecule has 0 saturated carbocycles. The molecule has 0 radical (unpaired) electrons. The van der Waals surface area contributed by atoms with E-state index in [1.54, 1.807) is 12.2 Å². The first-order chi connectivity index (χ1) is 5.77. The maximum absolute atomic E-state index is 11.0. The highest BCUT2D eigenvalue weighted by Gasteiger charge is 2.24. The highest BCUT2D eigenvalue weighted by Crippen LogP contribution is 2.21. The molecule has 0 aromatic rings. The van der Waals surface area contributed by atoms with Crippen LogP contribution in [-0.4, -0.2) is 19.1 Å². The van der Waals surface area contributed by atoms with Gasteiger partial charge in [0.25, 0.3) is 0 Å². The van der Waals surface area contributed by atoms with Crippen molar-refractivity contribution in [1.82, 2.24) is 0 Å². The molecule has 0 aliphatic heterocycles. The summed E-state index contributed by atoms with van der Waals surface area (Å²) in [5.41, 5.74) is 8.12. The number of hydrogen-bond acceptors (Lipinski definition) is 3. The summed E-state index contributed by atoms with van der Waals surface area (Å²) in [6.45, 7) is 0. The summed E-state index contributed by atoms with van der Waals surface area (Å²) >= 11 is 0. The molecular weight excluding hydrogens is 158 g/mol. The largest absolute Gasteiger partial charge is 0.469 e. The van der Waals surface area contributed by atoms with Crippen LogP contribution in [0.3, 0.4) is 0 Å². The zero-order valence-electron chi connectivity index (χ0n) is 6.67. The van der Waals surface area contributed by atoms with Crippen LogP contribution in [0.4, 0.5) is 0 Å². The van der Waals surface area contributed by atoms with Gasteiger partial charge >= 0.3 is 5.97 Å². The van der Waals surface area contributed by atoms with Gasteiger partial charge in [0.15, 0.2) is 0 Å². The lowest BCUT2D eigenvalue weighted by atomic mass is 10.1. The second-order valence-corrected chi connectivity index (χ2v) is 2.52. The summed E-state index contributed by atoms with van der Waals surface area (Å²) in [5, 5.41) is 3.48. The molecule has 12 heavy (non-hydrogen) atoms. The molecule has 1 aliphatic rings. The molecule has 0 bridgehead atoms. The number of hydrogen-bond donors (Lipinski definition) is 0. The molecule has 0 fully saturated rings. The second kappa shape index (κ2) is 3.78. The minimum absolute atomic E-state index is 0.195. The van der Waals surface area contributed by atoms with Crippen molar-refractivity contribution < 1.29 is 9.53 Å². The van der Waals surface area contributed by atoms with Gasteiger partial charge in [0, 0.05) is 4.91 Å². The van der Waals surface area contributed by atoms with Crippen LogP contribution in [0.25, 0.3) is 10.4 Å². The summed E-state index contributed by atoms with van der Waals surface area (Å²) in [5.74, 6) is -0.521. The first kappa shape index (κ1) is 8.62. The molecule has 0 amide bonds. The van der Waals surface area contributed by atoms with Gasteiger partial charge in [0.05, 0.1) is 19.1 Å². The summed E-state index contributed by atoms with van der Waals surface area (Å²) < 4.78 is 4.54. The highest BCUT2D eigenvalue weighted by atomic mass is 16.5. The van der Waals surface area contributed by atoms with Crippen LogP contribution in [0.2, 0.25) is 0 Å². The molecule has 0 N–H and O–H groups in total. The number of rotatable bonds is 2. The Kier molecular flexibility index (Phi) is 2.71. The highest BCUT2D eigenvalue weighted by molar-refractivity contribution is 5.75. The van der Waals surface area contributed by atoms with Crippen molar-refractivity contribution in [3.8, 4) is 0 Å². The van der Waals surface area contributed by atoms with Gasteiger partial charge in [-0.3, -0.25) is 4.79 Å². The van der Waals surface area contributed by atoms with Gasteiger partial charge < -0.3 is 4.74 Å². The first-order valence-electron chi connectivity index (χ1n) is 3.58. The summed E-state index contributed by atoms with van der Waals surface area (Å²) in [6, 6.07) is -0.195. The SMILES string of the molecule is COC(=O)[C@@H]1C=C[C@H](N=[N+]=[N-])C1. The smallest absolute Gasteiger partial charge is 0.312 e. The number of carbonyl (C=O) groups is 1. The molecule has 0 spiro atoms. The van der Waals surface area contributed by atoms with Crippen LogP contribution < -0.4 is 0 Å². The third-order valence-corrected chi connectivity index (χ3v) is 1.76. The van der Waals surface area contributed by atoms with Crippen molar-refractivity contribution in [2.24, 2.45) is 11.0 Å². The summed E-state index contributed by atoms with van der Waals surface area (Å²) in [7, 11) is 1.34. The predicted octanol–water partition coefficient (Wildman–Crippen LogP) is 1.41. The molecule has 1 aliphatic carbocycles. The Labute approximate surface area is 69.6 Å². The van der Waals surface area contributed by atoms with Gasteiger partial charge in [0.1, 0.15) is 0 Å². The minimum Gasteiger partial charge on any atom is -0.469 e. The Balaban J connectivity index is 2.52. The predicted molar refractivity (Wildman–Crippen MR) is 42.2 cm³/mol. The van der Waals surface area contributed by atoms with Gasteiger partial charge in [-0.1, -0.05) is 17.3 Å². The van der Waals surface area contributed by atoms with Crippen LogP contribution in [0, 0.1) is 5.92 Å². The molecular formula is C7H9N3O2. The number of nitrogens with zero attached hydrogens (tertiary/aromatic N) is 3. The molecule has 0 unspecified atom stereocenters. The van der Waals surface area contributed by atoms with E-state index in [2.05, 4.69) is 14.8 Å². The van der Waals surface area contributed by atoms with Crippen molar-refractivity contribution in [2.75, 3.05) is 7.11 Å². The number of methoxy groups -OCH3 is 1. The van der Waals surface area contributed by atoms with E-state index in [1.165, 1.54) is 7.11 Å². The Morgan fingerprint density at radius 1 is 1.75 bits per heavy atom. The molecule has 0 saturated heterocycles. The van der Waals surface area contributed by atoms with Gasteiger partial charge in [-0.05, 0) is 12.0 Å². The molecule has 0 aromatic heterocycles. The van der Waals surface area contributed by atoms with Gasteiger partial charge in [0.2, 0.25) is 0 Å². The molecule has 0 aromatic carbocycles. The molecule has 64 valence electrons. The fourth-order valence-electron chi connectivity index (χ4n) is 1.16. The van der Waals surface area contributed by atoms with E-state index in [1.807, 2.05) is 0 Å². The van der Waals surface area contributed by atoms with Gasteiger partial charge in [-0.2, -0.15) is 0 Å². The maximum Gasteiger partial charge on any atom is 0.312 e. The van der Waals surface area contributed by atoms with Crippen molar-refractivity contribution in [2.45, 2.75) is 12.5 Å². The summed E-state index contributed by atoms with van der Waals surface area (Å²) in [6.07, 6.45) is 3.96. The van der Waals surface area contributed by atoms with E-state index in [-0.39, 0.29) is 17.9 Å². The van der Waals surface area contributed by atoms with Gasteiger partial charge in [-0.25, -0.2) is 0 Å². The van der Waals surface area contributed by atoms with Crippen molar-refractivity contribution in [3.05, 3.63) is 22.6 Å². The molecule has 0 heterocycles. The van der Waals surface area contributed by atoms with Crippen LogP contribution in [-0.2, 0) is 9.53 Å². The number of carbonyl (C=O) groups excluding carboxylic acids is 1. The molecule has 5 nitrogen and oxygen atoms in total. The second-order valence-electron chi connectivity index (χ2n) is 2.52. The van der Waals surface area contributed by atoms with E-state index >= 15 is 0 Å². The Hall–Kier alpha value is -1.48. The van der Waals surface area contributed by atoms with E-state index in [4.69, 9.17) is 5.53 Å². The fourth-order valence-corrected chi connectivity index (χ4v) is 1.16. The van der Waals surface area contributed by atoms with Crippen LogP contribution in [0.15, 0.2) is 17.3 Å².